The molecular formula is C26H28F2N4O2. The van der Waals surface area contributed by atoms with Crippen molar-refractivity contribution in [3.63, 3.8) is 0 Å². The van der Waals surface area contributed by atoms with Gasteiger partial charge in [-0.1, -0.05) is 12.1 Å². The van der Waals surface area contributed by atoms with E-state index >= 15 is 0 Å². The highest BCUT2D eigenvalue weighted by Crippen LogP contribution is 2.48. The van der Waals surface area contributed by atoms with Crippen molar-refractivity contribution in [1.29, 1.82) is 5.26 Å². The van der Waals surface area contributed by atoms with Crippen LogP contribution in [0.15, 0.2) is 46.4 Å². The van der Waals surface area contributed by atoms with E-state index in [4.69, 9.17) is 25.2 Å². The molecule has 4 rings (SSSR count). The molecule has 178 valence electrons. The van der Waals surface area contributed by atoms with Gasteiger partial charge < -0.3 is 15.2 Å². The van der Waals surface area contributed by atoms with Crippen molar-refractivity contribution in [2.24, 2.45) is 21.6 Å². The number of hydrogen-bond donors (Lipinski definition) is 1. The standard InChI is InChI=1S/C26H28F2N4O2/c1-15-4-5-18(19-10-17(14-29)11-22(12-19)33-3)13-23(15)26(31-16(2)24(30)32-26)20-6-8-21(9-7-20)34-25(27)28/h4-5,10-13,20-21,25H,6-9H2,1-3H3,(H2,30,32). The fourth-order valence-corrected chi connectivity index (χ4v) is 5.02. The molecule has 0 radical (unpaired) electrons. The number of nitrogens with two attached hydrogens (primary N) is 1. The van der Waals surface area contributed by atoms with Crippen molar-refractivity contribution in [3.8, 4) is 22.9 Å². The quantitative estimate of drug-likeness (QED) is 0.623. The molecule has 8 heteroatoms. The van der Waals surface area contributed by atoms with E-state index in [-0.39, 0.29) is 5.92 Å². The number of amidine groups is 1. The van der Waals surface area contributed by atoms with Gasteiger partial charge >= 0.3 is 6.61 Å². The Morgan fingerprint density at radius 2 is 1.79 bits per heavy atom. The Kier molecular flexibility index (Phi) is 6.67. The number of rotatable bonds is 6. The van der Waals surface area contributed by atoms with E-state index in [1.807, 2.05) is 44.2 Å². The van der Waals surface area contributed by atoms with Crippen molar-refractivity contribution < 1.29 is 18.3 Å². The van der Waals surface area contributed by atoms with Gasteiger partial charge in [0.2, 0.25) is 0 Å². The molecule has 0 aromatic heterocycles. The van der Waals surface area contributed by atoms with Crippen LogP contribution in [-0.4, -0.2) is 31.4 Å². The van der Waals surface area contributed by atoms with E-state index in [0.29, 0.717) is 48.5 Å². The molecule has 0 spiro atoms. The highest BCUT2D eigenvalue weighted by molar-refractivity contribution is 6.41. The average molecular weight is 467 g/mol. The van der Waals surface area contributed by atoms with Gasteiger partial charge in [0, 0.05) is 11.5 Å². The third-order valence-electron chi connectivity index (χ3n) is 6.78. The van der Waals surface area contributed by atoms with Crippen LogP contribution in [0.2, 0.25) is 0 Å². The molecular weight excluding hydrogens is 438 g/mol. The monoisotopic (exact) mass is 466 g/mol. The fourth-order valence-electron chi connectivity index (χ4n) is 5.02. The minimum Gasteiger partial charge on any atom is -0.497 e. The van der Waals surface area contributed by atoms with Gasteiger partial charge in [-0.3, -0.25) is 4.99 Å². The molecule has 2 aliphatic rings. The Bertz CT molecular complexity index is 1160. The Labute approximate surface area is 198 Å². The Hall–Kier alpha value is -3.31. The first-order chi connectivity index (χ1) is 16.3. The van der Waals surface area contributed by atoms with Crippen LogP contribution in [0.4, 0.5) is 8.78 Å². The van der Waals surface area contributed by atoms with Crippen LogP contribution in [0, 0.1) is 24.2 Å². The predicted molar refractivity (Wildman–Crippen MR) is 127 cm³/mol. The number of aryl methyl sites for hydroxylation is 1. The van der Waals surface area contributed by atoms with Crippen molar-refractivity contribution >= 4 is 11.5 Å². The van der Waals surface area contributed by atoms with Gasteiger partial charge in [0.05, 0.1) is 30.6 Å². The lowest BCUT2D eigenvalue weighted by atomic mass is 9.74. The Morgan fingerprint density at radius 3 is 2.38 bits per heavy atom. The number of ether oxygens (including phenoxy) is 2. The van der Waals surface area contributed by atoms with Gasteiger partial charge in [0.25, 0.3) is 0 Å². The van der Waals surface area contributed by atoms with Gasteiger partial charge in [-0.15, -0.1) is 0 Å². The van der Waals surface area contributed by atoms with Crippen LogP contribution in [0.1, 0.15) is 49.3 Å². The molecule has 34 heavy (non-hydrogen) atoms. The molecule has 1 aliphatic carbocycles. The second-order valence-corrected chi connectivity index (χ2v) is 8.88. The van der Waals surface area contributed by atoms with Gasteiger partial charge in [-0.25, -0.2) is 4.99 Å². The van der Waals surface area contributed by atoms with Crippen LogP contribution in [0.25, 0.3) is 11.1 Å². The van der Waals surface area contributed by atoms with E-state index in [1.165, 1.54) is 0 Å². The average Bonchev–Trinajstić information content (AvgIpc) is 3.13. The highest BCUT2D eigenvalue weighted by Gasteiger charge is 2.46. The van der Waals surface area contributed by atoms with Crippen molar-refractivity contribution in [2.75, 3.05) is 7.11 Å². The van der Waals surface area contributed by atoms with Crippen LogP contribution in [0.3, 0.4) is 0 Å². The lowest BCUT2D eigenvalue weighted by Gasteiger charge is -2.38. The van der Waals surface area contributed by atoms with Gasteiger partial charge in [-0.05, 0) is 80.5 Å². The van der Waals surface area contributed by atoms with Crippen molar-refractivity contribution in [1.82, 2.24) is 0 Å². The predicted octanol–water partition coefficient (Wildman–Crippen LogP) is 5.32. The zero-order valence-electron chi connectivity index (χ0n) is 19.5. The molecule has 1 atom stereocenters. The SMILES string of the molecule is COc1cc(C#N)cc(-c2ccc(C)c(C3(C4CCC(OC(F)F)CC4)N=C(C)C(N)=N3)c2)c1. The van der Waals surface area contributed by atoms with Crippen molar-refractivity contribution in [2.45, 2.75) is 57.9 Å². The van der Waals surface area contributed by atoms with Gasteiger partial charge in [0.1, 0.15) is 11.6 Å². The van der Waals surface area contributed by atoms with E-state index in [0.717, 1.165) is 22.3 Å². The highest BCUT2D eigenvalue weighted by atomic mass is 19.3. The number of nitriles is 1. The number of alkyl halides is 2. The number of methoxy groups -OCH3 is 1. The molecule has 0 bridgehead atoms. The molecule has 1 saturated carbocycles. The fraction of sp³-hybridized carbons (Fsp3) is 0.423. The third kappa shape index (κ3) is 4.53. The maximum absolute atomic E-state index is 12.7. The van der Waals surface area contributed by atoms with Crippen molar-refractivity contribution in [3.05, 3.63) is 53.1 Å². The largest absolute Gasteiger partial charge is 0.497 e. The normalized spacial score (nSPS) is 24.5. The van der Waals surface area contributed by atoms with Gasteiger partial charge in [-0.2, -0.15) is 14.0 Å². The van der Waals surface area contributed by atoms with E-state index < -0.39 is 18.4 Å². The second kappa shape index (κ2) is 9.51. The van der Waals surface area contributed by atoms with Crippen LogP contribution in [-0.2, 0) is 10.4 Å². The number of aliphatic imine (C=N–C) groups is 2. The molecule has 1 unspecified atom stereocenters. The van der Waals surface area contributed by atoms with Crippen LogP contribution < -0.4 is 10.5 Å². The molecule has 0 amide bonds. The van der Waals surface area contributed by atoms with Crippen LogP contribution >= 0.6 is 0 Å². The second-order valence-electron chi connectivity index (χ2n) is 8.88. The Morgan fingerprint density at radius 1 is 1.06 bits per heavy atom. The number of hydrogen-bond acceptors (Lipinski definition) is 6. The summed E-state index contributed by atoms with van der Waals surface area (Å²) in [5, 5.41) is 9.43. The number of benzene rings is 2. The van der Waals surface area contributed by atoms with Gasteiger partial charge in [0.15, 0.2) is 5.66 Å². The molecule has 0 saturated heterocycles. The summed E-state index contributed by atoms with van der Waals surface area (Å²) < 4.78 is 35.6. The minimum atomic E-state index is -2.77. The molecule has 1 fully saturated rings. The van der Waals surface area contributed by atoms with E-state index in [2.05, 4.69) is 6.07 Å². The molecule has 1 aliphatic heterocycles. The summed E-state index contributed by atoms with van der Waals surface area (Å²) in [6, 6.07) is 13.6. The maximum atomic E-state index is 12.7. The summed E-state index contributed by atoms with van der Waals surface area (Å²) in [4.78, 5) is 9.83. The smallest absolute Gasteiger partial charge is 0.345 e. The molecule has 2 aromatic carbocycles. The number of nitrogens with zero attached hydrogens (tertiary/aromatic N) is 3. The summed E-state index contributed by atoms with van der Waals surface area (Å²) in [7, 11) is 1.57. The lowest BCUT2D eigenvalue weighted by Crippen LogP contribution is -2.36. The van der Waals surface area contributed by atoms with E-state index in [9.17, 15) is 14.0 Å². The van der Waals surface area contributed by atoms with Crippen LogP contribution in [0.5, 0.6) is 5.75 Å². The topological polar surface area (TPSA) is 93.0 Å². The zero-order valence-corrected chi connectivity index (χ0v) is 19.5. The molecule has 2 aromatic rings. The minimum absolute atomic E-state index is 0.00467. The summed E-state index contributed by atoms with van der Waals surface area (Å²) in [5.41, 5.74) is 10.1. The van der Waals surface area contributed by atoms with E-state index in [1.54, 1.807) is 13.2 Å². The summed E-state index contributed by atoms with van der Waals surface area (Å²) >= 11 is 0. The molecule has 6 nitrogen and oxygen atoms in total. The lowest BCUT2D eigenvalue weighted by molar-refractivity contribution is -0.172. The first-order valence-electron chi connectivity index (χ1n) is 11.3. The summed E-state index contributed by atoms with van der Waals surface area (Å²) in [6.07, 6.45) is 1.86. The molecule has 1 heterocycles. The molecule has 2 N–H and O–H groups in total. The Balaban J connectivity index is 1.77. The maximum Gasteiger partial charge on any atom is 0.345 e. The third-order valence-corrected chi connectivity index (χ3v) is 6.78. The summed E-state index contributed by atoms with van der Waals surface area (Å²) in [6.45, 7) is 1.08. The first kappa shape index (κ1) is 23.8. The number of halogens is 2. The summed E-state index contributed by atoms with van der Waals surface area (Å²) in [5.74, 6) is 0.985. The zero-order chi connectivity index (χ0) is 24.5. The first-order valence-corrected chi connectivity index (χ1v) is 11.3.